The van der Waals surface area contributed by atoms with E-state index in [0.29, 0.717) is 17.9 Å². The number of aryl methyl sites for hydroxylation is 1. The average molecular weight is 398 g/mol. The number of nitrogens with one attached hydrogen (secondary N) is 1. The molecular formula is C21H22N2O4S. The molecule has 0 saturated carbocycles. The number of benzene rings is 3. The van der Waals surface area contributed by atoms with Crippen LogP contribution in [0.4, 0.5) is 0 Å². The van der Waals surface area contributed by atoms with E-state index in [1.807, 2.05) is 50.2 Å². The smallest absolute Gasteiger partial charge is 0.280 e. The number of hydrazone groups is 1. The van der Waals surface area contributed by atoms with Crippen molar-refractivity contribution in [2.45, 2.75) is 18.7 Å². The Morgan fingerprint density at radius 3 is 2.57 bits per heavy atom. The molecule has 0 fully saturated rings. The summed E-state index contributed by atoms with van der Waals surface area (Å²) >= 11 is 0. The lowest BCUT2D eigenvalue weighted by atomic mass is 10.0. The second kappa shape index (κ2) is 8.31. The number of hydrogen-bond acceptors (Lipinski definition) is 5. The van der Waals surface area contributed by atoms with Crippen molar-refractivity contribution < 1.29 is 17.9 Å². The summed E-state index contributed by atoms with van der Waals surface area (Å²) in [5, 5.41) is 5.92. The molecule has 146 valence electrons. The van der Waals surface area contributed by atoms with Crippen molar-refractivity contribution in [3.05, 3.63) is 65.7 Å². The van der Waals surface area contributed by atoms with Gasteiger partial charge in [0.2, 0.25) is 0 Å². The monoisotopic (exact) mass is 398 g/mol. The largest absolute Gasteiger partial charge is 0.495 e. The predicted octanol–water partition coefficient (Wildman–Crippen LogP) is 3.87. The number of fused-ring (bicyclic) bond motifs is 1. The van der Waals surface area contributed by atoms with Crippen LogP contribution >= 0.6 is 0 Å². The lowest BCUT2D eigenvalue weighted by Crippen LogP contribution is -2.19. The van der Waals surface area contributed by atoms with E-state index in [1.54, 1.807) is 18.2 Å². The molecule has 0 aliphatic rings. The Morgan fingerprint density at radius 2 is 1.82 bits per heavy atom. The zero-order valence-electron chi connectivity index (χ0n) is 16.0. The molecule has 3 rings (SSSR count). The first-order valence-electron chi connectivity index (χ1n) is 8.80. The third-order valence-electron chi connectivity index (χ3n) is 4.21. The minimum absolute atomic E-state index is 0.0371. The van der Waals surface area contributed by atoms with E-state index >= 15 is 0 Å². The van der Waals surface area contributed by atoms with Crippen molar-refractivity contribution in [3.8, 4) is 11.5 Å². The molecule has 6 nitrogen and oxygen atoms in total. The summed E-state index contributed by atoms with van der Waals surface area (Å²) in [5.74, 6) is 0.894. The van der Waals surface area contributed by atoms with Gasteiger partial charge in [0, 0.05) is 5.56 Å². The van der Waals surface area contributed by atoms with Gasteiger partial charge < -0.3 is 9.47 Å². The lowest BCUT2D eigenvalue weighted by molar-refractivity contribution is 0.340. The van der Waals surface area contributed by atoms with Crippen LogP contribution in [0.3, 0.4) is 0 Å². The number of nitrogens with zero attached hydrogens (tertiary/aromatic N) is 1. The molecule has 0 unspecified atom stereocenters. The van der Waals surface area contributed by atoms with Gasteiger partial charge in [-0.3, -0.25) is 0 Å². The first kappa shape index (κ1) is 19.7. The fraction of sp³-hybridized carbons (Fsp3) is 0.190. The molecule has 0 spiro atoms. The Bertz CT molecular complexity index is 1120. The predicted molar refractivity (Wildman–Crippen MR) is 111 cm³/mol. The van der Waals surface area contributed by atoms with Crippen molar-refractivity contribution in [2.75, 3.05) is 13.7 Å². The Morgan fingerprint density at radius 1 is 1.07 bits per heavy atom. The third-order valence-corrected chi connectivity index (χ3v) is 5.45. The van der Waals surface area contributed by atoms with Gasteiger partial charge in [-0.1, -0.05) is 36.4 Å². The minimum Gasteiger partial charge on any atom is -0.495 e. The van der Waals surface area contributed by atoms with Gasteiger partial charge in [-0.2, -0.15) is 18.4 Å². The number of hydrogen-bond donors (Lipinski definition) is 1. The SMILES string of the molecule is CCOc1ccc2ccccc2c1/C=N/NS(=O)(=O)c1cc(C)ccc1OC. The van der Waals surface area contributed by atoms with Gasteiger partial charge in [0.1, 0.15) is 16.4 Å². The normalized spacial score (nSPS) is 11.7. The molecule has 3 aromatic carbocycles. The zero-order chi connectivity index (χ0) is 20.1. The number of ether oxygens (including phenoxy) is 2. The van der Waals surface area contributed by atoms with Crippen LogP contribution < -0.4 is 14.3 Å². The van der Waals surface area contributed by atoms with Crippen LogP contribution in [-0.2, 0) is 10.0 Å². The van der Waals surface area contributed by atoms with Crippen LogP contribution in [0.5, 0.6) is 11.5 Å². The van der Waals surface area contributed by atoms with E-state index in [-0.39, 0.29) is 10.6 Å². The van der Waals surface area contributed by atoms with Crippen molar-refractivity contribution >= 4 is 27.0 Å². The molecule has 0 saturated heterocycles. The average Bonchev–Trinajstić information content (AvgIpc) is 2.69. The van der Waals surface area contributed by atoms with Gasteiger partial charge in [0.25, 0.3) is 10.0 Å². The molecule has 0 heterocycles. The minimum atomic E-state index is -3.89. The number of rotatable bonds is 7. The second-order valence-electron chi connectivity index (χ2n) is 6.14. The Labute approximate surface area is 164 Å². The van der Waals surface area contributed by atoms with Gasteiger partial charge >= 0.3 is 0 Å². The fourth-order valence-electron chi connectivity index (χ4n) is 2.89. The Kier molecular flexibility index (Phi) is 5.84. The summed E-state index contributed by atoms with van der Waals surface area (Å²) in [6, 6.07) is 16.5. The highest BCUT2D eigenvalue weighted by molar-refractivity contribution is 7.89. The highest BCUT2D eigenvalue weighted by Crippen LogP contribution is 2.27. The van der Waals surface area contributed by atoms with E-state index in [4.69, 9.17) is 9.47 Å². The van der Waals surface area contributed by atoms with Crippen LogP contribution in [0.2, 0.25) is 0 Å². The van der Waals surface area contributed by atoms with Crippen molar-refractivity contribution in [1.82, 2.24) is 4.83 Å². The van der Waals surface area contributed by atoms with E-state index in [2.05, 4.69) is 9.93 Å². The Balaban J connectivity index is 1.97. The molecular weight excluding hydrogens is 376 g/mol. The molecule has 1 N–H and O–H groups in total. The number of sulfonamides is 1. The van der Waals surface area contributed by atoms with Crippen molar-refractivity contribution in [2.24, 2.45) is 5.10 Å². The maximum Gasteiger partial charge on any atom is 0.280 e. The van der Waals surface area contributed by atoms with Crippen LogP contribution in [0.25, 0.3) is 10.8 Å². The van der Waals surface area contributed by atoms with E-state index in [1.165, 1.54) is 13.3 Å². The second-order valence-corrected chi connectivity index (χ2v) is 7.77. The van der Waals surface area contributed by atoms with Gasteiger partial charge in [0.15, 0.2) is 0 Å². The summed E-state index contributed by atoms with van der Waals surface area (Å²) in [4.78, 5) is 2.30. The molecule has 0 amide bonds. The van der Waals surface area contributed by atoms with Crippen LogP contribution in [0, 0.1) is 6.92 Å². The molecule has 0 bridgehead atoms. The molecule has 0 aliphatic carbocycles. The van der Waals surface area contributed by atoms with Crippen molar-refractivity contribution in [3.63, 3.8) is 0 Å². The highest BCUT2D eigenvalue weighted by Gasteiger charge is 2.19. The van der Waals surface area contributed by atoms with Gasteiger partial charge in [-0.05, 0) is 48.4 Å². The molecule has 28 heavy (non-hydrogen) atoms. The van der Waals surface area contributed by atoms with Gasteiger partial charge in [-0.25, -0.2) is 0 Å². The molecule has 0 aromatic heterocycles. The quantitative estimate of drug-likeness (QED) is 0.484. The van der Waals surface area contributed by atoms with E-state index in [9.17, 15) is 8.42 Å². The number of methoxy groups -OCH3 is 1. The van der Waals surface area contributed by atoms with Crippen LogP contribution in [0.1, 0.15) is 18.1 Å². The molecule has 3 aromatic rings. The summed E-state index contributed by atoms with van der Waals surface area (Å²) in [7, 11) is -2.46. The third kappa shape index (κ3) is 4.09. The zero-order valence-corrected chi connectivity index (χ0v) is 16.8. The van der Waals surface area contributed by atoms with Gasteiger partial charge in [-0.15, -0.1) is 0 Å². The summed E-state index contributed by atoms with van der Waals surface area (Å²) in [5.41, 5.74) is 1.51. The standard InChI is InChI=1S/C21H22N2O4S/c1-4-27-19-12-10-16-7-5-6-8-17(16)18(19)14-22-23-28(24,25)21-13-15(2)9-11-20(21)26-3/h5-14,23H,4H2,1-3H3/b22-14+. The molecule has 7 heteroatoms. The highest BCUT2D eigenvalue weighted by atomic mass is 32.2. The first-order chi connectivity index (χ1) is 13.5. The summed E-state index contributed by atoms with van der Waals surface area (Å²) in [6.45, 7) is 4.19. The van der Waals surface area contributed by atoms with Crippen molar-refractivity contribution in [1.29, 1.82) is 0 Å². The van der Waals surface area contributed by atoms with Gasteiger partial charge in [0.05, 0.1) is 19.9 Å². The Hall–Kier alpha value is -3.06. The fourth-order valence-corrected chi connectivity index (χ4v) is 3.94. The van der Waals surface area contributed by atoms with Crippen LogP contribution in [0.15, 0.2) is 64.6 Å². The molecule has 0 aliphatic heterocycles. The lowest BCUT2D eigenvalue weighted by Gasteiger charge is -2.11. The maximum absolute atomic E-state index is 12.7. The van der Waals surface area contributed by atoms with Crippen LogP contribution in [-0.4, -0.2) is 28.3 Å². The van der Waals surface area contributed by atoms with E-state index in [0.717, 1.165) is 16.3 Å². The first-order valence-corrected chi connectivity index (χ1v) is 10.3. The summed E-state index contributed by atoms with van der Waals surface area (Å²) in [6.07, 6.45) is 1.47. The topological polar surface area (TPSA) is 77.0 Å². The summed E-state index contributed by atoms with van der Waals surface area (Å²) < 4.78 is 36.2. The molecule has 0 radical (unpaired) electrons. The maximum atomic E-state index is 12.7. The molecule has 0 atom stereocenters. The van der Waals surface area contributed by atoms with E-state index < -0.39 is 10.0 Å².